The number of aliphatic hydroxyl groups is 2. The van der Waals surface area contributed by atoms with E-state index >= 15 is 0 Å². The Bertz CT molecular complexity index is 1410. The van der Waals surface area contributed by atoms with E-state index in [4.69, 9.17) is 15.6 Å². The largest absolute Gasteiger partial charge is 0.470 e. The maximum atomic E-state index is 13.6. The first kappa shape index (κ1) is 26.9. The average Bonchev–Trinajstić information content (AvgIpc) is 3.28. The van der Waals surface area contributed by atoms with Gasteiger partial charge in [0.2, 0.25) is 11.8 Å². The van der Waals surface area contributed by atoms with Gasteiger partial charge >= 0.3 is 0 Å². The van der Waals surface area contributed by atoms with Crippen molar-refractivity contribution in [3.8, 4) is 28.3 Å². The van der Waals surface area contributed by atoms with E-state index < -0.39 is 30.6 Å². The maximum Gasteiger partial charge on any atom is 0.280 e. The first-order valence-electron chi connectivity index (χ1n) is 11.7. The van der Waals surface area contributed by atoms with Crippen molar-refractivity contribution in [2.75, 3.05) is 12.3 Å². The summed E-state index contributed by atoms with van der Waals surface area (Å²) in [7, 11) is 0. The van der Waals surface area contributed by atoms with Crippen molar-refractivity contribution in [2.24, 2.45) is 0 Å². The van der Waals surface area contributed by atoms with E-state index in [2.05, 4.69) is 25.3 Å². The number of nitrogen functional groups attached to an aromatic ring is 1. The van der Waals surface area contributed by atoms with Gasteiger partial charge in [0.15, 0.2) is 0 Å². The lowest BCUT2D eigenvalue weighted by Gasteiger charge is -2.16. The Hall–Kier alpha value is -4.10. The molecule has 13 heteroatoms. The smallest absolute Gasteiger partial charge is 0.280 e. The van der Waals surface area contributed by atoms with Gasteiger partial charge in [0.1, 0.15) is 23.8 Å². The van der Waals surface area contributed by atoms with Gasteiger partial charge in [-0.1, -0.05) is 12.1 Å². The molecule has 38 heavy (non-hydrogen) atoms. The van der Waals surface area contributed by atoms with Crippen molar-refractivity contribution >= 4 is 5.95 Å². The van der Waals surface area contributed by atoms with Crippen LogP contribution in [0.2, 0.25) is 0 Å². The molecule has 0 aliphatic carbocycles. The van der Waals surface area contributed by atoms with Crippen LogP contribution in [0, 0.1) is 12.7 Å². The normalized spacial score (nSPS) is 12.2. The lowest BCUT2D eigenvalue weighted by Crippen LogP contribution is -2.22. The highest BCUT2D eigenvalue weighted by atomic mass is 19.3. The van der Waals surface area contributed by atoms with Crippen LogP contribution in [0.3, 0.4) is 0 Å². The first-order chi connectivity index (χ1) is 18.2. The van der Waals surface area contributed by atoms with E-state index in [1.54, 1.807) is 13.0 Å². The van der Waals surface area contributed by atoms with Crippen LogP contribution in [0.4, 0.5) is 19.1 Å². The molecule has 4 rings (SSSR count). The number of pyridine rings is 1. The fourth-order valence-electron chi connectivity index (χ4n) is 4.00. The number of ether oxygens (including phenoxy) is 1. The standard InChI is InChI=1S/C25H26F3N7O3/c1-3-20-19(33-34-35(20)10-17(37)11-36)12-38-24-21(15-8-13(2)30-18(9-15)23(27)28)22(31-25(29)32-24)14-4-6-16(26)7-5-14/h4-9,17,23,36-37H,3,10-12H2,1-2H3,(H2,29,31,32)/t17-/m0/s1. The zero-order chi connectivity index (χ0) is 27.4. The third-order valence-corrected chi connectivity index (χ3v) is 5.69. The molecule has 0 fully saturated rings. The van der Waals surface area contributed by atoms with E-state index in [1.807, 2.05) is 6.92 Å². The number of hydrogen-bond acceptors (Lipinski definition) is 9. The van der Waals surface area contributed by atoms with Gasteiger partial charge in [-0.2, -0.15) is 4.98 Å². The number of hydrogen-bond donors (Lipinski definition) is 3. The lowest BCUT2D eigenvalue weighted by atomic mass is 9.99. The number of rotatable bonds is 10. The van der Waals surface area contributed by atoms with Gasteiger partial charge < -0.3 is 20.7 Å². The third kappa shape index (κ3) is 5.89. The number of anilines is 1. The molecule has 0 aliphatic rings. The molecular weight excluding hydrogens is 503 g/mol. The van der Waals surface area contributed by atoms with Crippen LogP contribution in [-0.2, 0) is 19.6 Å². The second-order valence-electron chi connectivity index (χ2n) is 8.48. The molecule has 0 aliphatic heterocycles. The van der Waals surface area contributed by atoms with Crippen molar-refractivity contribution in [3.05, 3.63) is 65.0 Å². The molecule has 1 aromatic carbocycles. The Morgan fingerprint density at radius 3 is 2.47 bits per heavy atom. The van der Waals surface area contributed by atoms with Gasteiger partial charge in [-0.15, -0.1) is 5.10 Å². The zero-order valence-electron chi connectivity index (χ0n) is 20.6. The van der Waals surface area contributed by atoms with E-state index in [0.717, 1.165) is 0 Å². The topological polar surface area (TPSA) is 145 Å². The van der Waals surface area contributed by atoms with Gasteiger partial charge in [-0.25, -0.2) is 22.8 Å². The van der Waals surface area contributed by atoms with Crippen molar-refractivity contribution in [1.29, 1.82) is 0 Å². The van der Waals surface area contributed by atoms with Crippen molar-refractivity contribution in [3.63, 3.8) is 0 Å². The van der Waals surface area contributed by atoms with Crippen LogP contribution in [0.1, 0.15) is 36.1 Å². The third-order valence-electron chi connectivity index (χ3n) is 5.69. The maximum absolute atomic E-state index is 13.6. The monoisotopic (exact) mass is 529 g/mol. The van der Waals surface area contributed by atoms with E-state index in [-0.39, 0.29) is 36.2 Å². The van der Waals surface area contributed by atoms with Crippen molar-refractivity contribution in [2.45, 2.75) is 45.9 Å². The lowest BCUT2D eigenvalue weighted by molar-refractivity contribution is 0.0770. The van der Waals surface area contributed by atoms with E-state index in [0.29, 0.717) is 34.6 Å². The van der Waals surface area contributed by atoms with Crippen LogP contribution in [0.15, 0.2) is 36.4 Å². The SMILES string of the molecule is CCc1c(COc2nc(N)nc(-c3ccc(F)cc3)c2-c2cc(C)nc(C(F)F)c2)nnn1C[C@H](O)CO. The number of halogens is 3. The first-order valence-corrected chi connectivity index (χ1v) is 11.7. The number of aromatic nitrogens is 6. The van der Waals surface area contributed by atoms with Crippen LogP contribution in [0.5, 0.6) is 5.88 Å². The number of nitrogens with zero attached hydrogens (tertiary/aromatic N) is 6. The van der Waals surface area contributed by atoms with E-state index in [1.165, 1.54) is 35.0 Å². The Kier molecular flexibility index (Phi) is 8.17. The Morgan fingerprint density at radius 2 is 1.82 bits per heavy atom. The summed E-state index contributed by atoms with van der Waals surface area (Å²) >= 11 is 0. The van der Waals surface area contributed by atoms with Gasteiger partial charge in [-0.3, -0.25) is 4.98 Å². The number of alkyl halides is 2. The fourth-order valence-corrected chi connectivity index (χ4v) is 4.00. The summed E-state index contributed by atoms with van der Waals surface area (Å²) in [5.74, 6) is -0.613. The zero-order valence-corrected chi connectivity index (χ0v) is 20.6. The van der Waals surface area contributed by atoms with Gasteiger partial charge in [-0.05, 0) is 55.3 Å². The molecule has 0 amide bonds. The Balaban J connectivity index is 1.82. The van der Waals surface area contributed by atoms with Crippen LogP contribution in [0.25, 0.3) is 22.4 Å². The molecule has 1 atom stereocenters. The molecule has 0 bridgehead atoms. The van der Waals surface area contributed by atoms with Gasteiger partial charge in [0.25, 0.3) is 6.43 Å². The minimum absolute atomic E-state index is 0.00497. The quantitative estimate of drug-likeness (QED) is 0.282. The molecule has 10 nitrogen and oxygen atoms in total. The van der Waals surface area contributed by atoms with Crippen molar-refractivity contribution in [1.82, 2.24) is 29.9 Å². The molecule has 4 aromatic rings. The Labute approximate surface area is 216 Å². The highest BCUT2D eigenvalue weighted by Gasteiger charge is 2.23. The molecule has 3 aromatic heterocycles. The minimum atomic E-state index is -2.82. The number of aryl methyl sites for hydroxylation is 1. The number of nitrogens with two attached hydrogens (primary N) is 1. The predicted molar refractivity (Wildman–Crippen MR) is 132 cm³/mol. The summed E-state index contributed by atoms with van der Waals surface area (Å²) < 4.78 is 48.4. The van der Waals surface area contributed by atoms with Gasteiger partial charge in [0.05, 0.1) is 36.2 Å². The molecule has 0 spiro atoms. The highest BCUT2D eigenvalue weighted by Crippen LogP contribution is 2.39. The number of benzene rings is 1. The minimum Gasteiger partial charge on any atom is -0.470 e. The predicted octanol–water partition coefficient (Wildman–Crippen LogP) is 3.26. The summed E-state index contributed by atoms with van der Waals surface area (Å²) in [5.41, 5.74) is 8.30. The molecule has 0 unspecified atom stereocenters. The summed E-state index contributed by atoms with van der Waals surface area (Å²) in [4.78, 5) is 12.5. The molecule has 0 radical (unpaired) electrons. The number of aliphatic hydroxyl groups excluding tert-OH is 2. The second-order valence-corrected chi connectivity index (χ2v) is 8.48. The summed E-state index contributed by atoms with van der Waals surface area (Å²) in [5, 5.41) is 27.1. The van der Waals surface area contributed by atoms with Crippen LogP contribution in [-0.4, -0.2) is 52.9 Å². The summed E-state index contributed by atoms with van der Waals surface area (Å²) in [6, 6.07) is 8.26. The summed E-state index contributed by atoms with van der Waals surface area (Å²) in [6.07, 6.45) is -3.33. The molecule has 4 N–H and O–H groups in total. The molecule has 3 heterocycles. The summed E-state index contributed by atoms with van der Waals surface area (Å²) in [6.45, 7) is 2.95. The Morgan fingerprint density at radius 1 is 1.08 bits per heavy atom. The average molecular weight is 530 g/mol. The van der Waals surface area contributed by atoms with Crippen LogP contribution >= 0.6 is 0 Å². The van der Waals surface area contributed by atoms with E-state index in [9.17, 15) is 18.3 Å². The fraction of sp³-hybridized carbons (Fsp3) is 0.320. The molecular formula is C25H26F3N7O3. The second kappa shape index (κ2) is 11.5. The van der Waals surface area contributed by atoms with Crippen molar-refractivity contribution < 1.29 is 28.1 Å². The molecule has 0 saturated heterocycles. The molecule has 0 saturated carbocycles. The molecule has 200 valence electrons. The highest BCUT2D eigenvalue weighted by molar-refractivity contribution is 5.85. The van der Waals surface area contributed by atoms with Gasteiger partial charge in [0, 0.05) is 11.3 Å². The van der Waals surface area contributed by atoms with Crippen LogP contribution < -0.4 is 10.5 Å².